The summed E-state index contributed by atoms with van der Waals surface area (Å²) in [4.78, 5) is 0. The third-order valence-corrected chi connectivity index (χ3v) is 1.21. The van der Waals surface area contributed by atoms with E-state index in [-0.39, 0.29) is 0 Å². The van der Waals surface area contributed by atoms with E-state index < -0.39 is 37.5 Å². The predicted octanol–water partition coefficient (Wildman–Crippen LogP) is 3.73. The first-order valence-electron chi connectivity index (χ1n) is 3.31. The van der Waals surface area contributed by atoms with Gasteiger partial charge in [0.25, 0.3) is 0 Å². The van der Waals surface area contributed by atoms with E-state index >= 15 is 0 Å². The van der Waals surface area contributed by atoms with E-state index in [0.717, 1.165) is 0 Å². The fourth-order valence-corrected chi connectivity index (χ4v) is 0.533. The Morgan fingerprint density at radius 2 is 1.21 bits per heavy atom. The Bertz CT molecular complexity index is 175. The summed E-state index contributed by atoms with van der Waals surface area (Å²) in [5.74, 6) is -5.17. The molecule has 0 heterocycles. The van der Waals surface area contributed by atoms with Crippen LogP contribution in [0.1, 0.15) is 12.8 Å². The monoisotopic (exact) mass is 229 g/mol. The van der Waals surface area contributed by atoms with Crippen molar-refractivity contribution < 1.29 is 35.1 Å². The molecule has 0 saturated carbocycles. The van der Waals surface area contributed by atoms with Gasteiger partial charge in [0.05, 0.1) is 0 Å². The van der Waals surface area contributed by atoms with Gasteiger partial charge in [0, 0.05) is 12.8 Å². The molecule has 0 unspecified atom stereocenters. The van der Waals surface area contributed by atoms with E-state index in [2.05, 4.69) is 0 Å². The quantitative estimate of drug-likeness (QED) is 0.647. The normalized spacial score (nSPS) is 14.6. The number of hydrogen-bond donors (Lipinski definition) is 0. The zero-order valence-corrected chi connectivity index (χ0v) is 6.52. The molecule has 14 heavy (non-hydrogen) atoms. The van der Waals surface area contributed by atoms with Gasteiger partial charge in [-0.25, -0.2) is 0 Å². The maximum absolute atomic E-state index is 12.0. The second-order valence-corrected chi connectivity index (χ2v) is 2.48. The standard InChI is InChI=1S/C6H5F8/c7-4(8,6(12,13)14)2-1-3-5(9,10)11/h2H,1,3H2. The summed E-state index contributed by atoms with van der Waals surface area (Å²) < 4.78 is 92.2. The summed E-state index contributed by atoms with van der Waals surface area (Å²) in [6.45, 7) is 0. The molecule has 85 valence electrons. The molecule has 0 spiro atoms. The molecule has 0 aliphatic heterocycles. The summed E-state index contributed by atoms with van der Waals surface area (Å²) in [7, 11) is 0. The van der Waals surface area contributed by atoms with E-state index in [1.165, 1.54) is 0 Å². The van der Waals surface area contributed by atoms with Crippen LogP contribution in [0.2, 0.25) is 0 Å². The molecule has 0 amide bonds. The molecular weight excluding hydrogens is 224 g/mol. The van der Waals surface area contributed by atoms with Crippen molar-refractivity contribution in [3.05, 3.63) is 6.42 Å². The number of hydrogen-bond acceptors (Lipinski definition) is 0. The predicted molar refractivity (Wildman–Crippen MR) is 30.6 cm³/mol. The van der Waals surface area contributed by atoms with Gasteiger partial charge >= 0.3 is 18.3 Å². The lowest BCUT2D eigenvalue weighted by atomic mass is 10.1. The molecule has 0 nitrogen and oxygen atoms in total. The minimum absolute atomic E-state index is 0.680. The molecule has 0 fully saturated rings. The van der Waals surface area contributed by atoms with Gasteiger partial charge in [-0.15, -0.1) is 0 Å². The molecule has 0 bridgehead atoms. The van der Waals surface area contributed by atoms with Crippen molar-refractivity contribution in [3.63, 3.8) is 0 Å². The van der Waals surface area contributed by atoms with Gasteiger partial charge in [-0.05, 0) is 6.42 Å². The molecule has 0 aromatic heterocycles. The van der Waals surface area contributed by atoms with E-state index in [1.54, 1.807) is 0 Å². The minimum atomic E-state index is -5.83. The zero-order valence-electron chi connectivity index (χ0n) is 6.52. The Labute approximate surface area is 73.9 Å². The third kappa shape index (κ3) is 4.61. The maximum Gasteiger partial charge on any atom is 0.453 e. The first-order chi connectivity index (χ1) is 5.96. The van der Waals surface area contributed by atoms with Crippen LogP contribution >= 0.6 is 0 Å². The van der Waals surface area contributed by atoms with Crippen LogP contribution in [0.25, 0.3) is 0 Å². The molecule has 0 aromatic rings. The van der Waals surface area contributed by atoms with Crippen molar-refractivity contribution in [2.24, 2.45) is 0 Å². The Kier molecular flexibility index (Phi) is 3.74. The fourth-order valence-electron chi connectivity index (χ4n) is 0.533. The number of halogens is 8. The van der Waals surface area contributed by atoms with Crippen LogP contribution < -0.4 is 0 Å². The molecule has 0 N–H and O–H groups in total. The summed E-state index contributed by atoms with van der Waals surface area (Å²) >= 11 is 0. The van der Waals surface area contributed by atoms with Crippen LogP contribution in [-0.2, 0) is 0 Å². The summed E-state index contributed by atoms with van der Waals surface area (Å²) in [6.07, 6.45) is -14.3. The van der Waals surface area contributed by atoms with E-state index in [4.69, 9.17) is 0 Å². The minimum Gasteiger partial charge on any atom is -0.196 e. The second-order valence-electron chi connectivity index (χ2n) is 2.48. The highest BCUT2D eigenvalue weighted by atomic mass is 19.4. The number of rotatable bonds is 3. The molecule has 8 heteroatoms. The lowest BCUT2D eigenvalue weighted by Gasteiger charge is -2.19. The first kappa shape index (κ1) is 13.4. The molecule has 0 aliphatic carbocycles. The summed E-state index contributed by atoms with van der Waals surface area (Å²) in [5.41, 5.74) is 0. The van der Waals surface area contributed by atoms with Crippen molar-refractivity contribution in [3.8, 4) is 0 Å². The van der Waals surface area contributed by atoms with Crippen LogP contribution in [0.4, 0.5) is 35.1 Å². The van der Waals surface area contributed by atoms with Crippen LogP contribution in [0.5, 0.6) is 0 Å². The molecular formula is C6H5F8. The SMILES string of the molecule is FC(F)(F)CC[CH]C(F)(F)C(F)(F)F. The fraction of sp³-hybridized carbons (Fsp3) is 0.833. The van der Waals surface area contributed by atoms with Crippen molar-refractivity contribution in [2.45, 2.75) is 31.1 Å². The smallest absolute Gasteiger partial charge is 0.196 e. The molecule has 1 radical (unpaired) electrons. The summed E-state index contributed by atoms with van der Waals surface area (Å²) in [6, 6.07) is 0. The van der Waals surface area contributed by atoms with Gasteiger partial charge in [0.2, 0.25) is 0 Å². The maximum atomic E-state index is 12.0. The molecule has 0 rings (SSSR count). The Morgan fingerprint density at radius 3 is 1.50 bits per heavy atom. The van der Waals surface area contributed by atoms with E-state index in [1.807, 2.05) is 0 Å². The highest BCUT2D eigenvalue weighted by Crippen LogP contribution is 2.39. The molecule has 0 saturated heterocycles. The van der Waals surface area contributed by atoms with E-state index in [9.17, 15) is 35.1 Å². The average Bonchev–Trinajstić information content (AvgIpc) is 1.80. The zero-order chi connectivity index (χ0) is 11.6. The van der Waals surface area contributed by atoms with Gasteiger partial charge < -0.3 is 0 Å². The Balaban J connectivity index is 4.02. The van der Waals surface area contributed by atoms with Gasteiger partial charge in [0.15, 0.2) is 0 Å². The second kappa shape index (κ2) is 3.90. The molecule has 0 atom stereocenters. The van der Waals surface area contributed by atoms with Crippen LogP contribution in [0.3, 0.4) is 0 Å². The topological polar surface area (TPSA) is 0 Å². The Morgan fingerprint density at radius 1 is 0.786 bits per heavy atom. The highest BCUT2D eigenvalue weighted by molar-refractivity contribution is 4.90. The van der Waals surface area contributed by atoms with Crippen molar-refractivity contribution in [1.29, 1.82) is 0 Å². The third-order valence-electron chi connectivity index (χ3n) is 1.21. The first-order valence-corrected chi connectivity index (χ1v) is 3.31. The van der Waals surface area contributed by atoms with Gasteiger partial charge in [-0.1, -0.05) is 0 Å². The van der Waals surface area contributed by atoms with Crippen LogP contribution in [-0.4, -0.2) is 18.3 Å². The average molecular weight is 229 g/mol. The van der Waals surface area contributed by atoms with Crippen LogP contribution in [0, 0.1) is 6.42 Å². The van der Waals surface area contributed by atoms with Crippen molar-refractivity contribution in [2.75, 3.05) is 0 Å². The lowest BCUT2D eigenvalue weighted by molar-refractivity contribution is -0.268. The van der Waals surface area contributed by atoms with Gasteiger partial charge in [-0.2, -0.15) is 35.1 Å². The van der Waals surface area contributed by atoms with Crippen molar-refractivity contribution >= 4 is 0 Å². The highest BCUT2D eigenvalue weighted by Gasteiger charge is 2.57. The van der Waals surface area contributed by atoms with Crippen molar-refractivity contribution in [1.82, 2.24) is 0 Å². The van der Waals surface area contributed by atoms with E-state index in [0.29, 0.717) is 0 Å². The molecule has 0 aliphatic rings. The Hall–Kier alpha value is -0.560. The molecule has 0 aromatic carbocycles. The summed E-state index contributed by atoms with van der Waals surface area (Å²) in [5, 5.41) is 0. The van der Waals surface area contributed by atoms with Gasteiger partial charge in [0.1, 0.15) is 0 Å². The van der Waals surface area contributed by atoms with Crippen LogP contribution in [0.15, 0.2) is 0 Å². The lowest BCUT2D eigenvalue weighted by Crippen LogP contribution is -2.37. The van der Waals surface area contributed by atoms with Gasteiger partial charge in [-0.3, -0.25) is 0 Å². The number of alkyl halides is 8. The largest absolute Gasteiger partial charge is 0.453 e.